The Morgan fingerprint density at radius 2 is 2.26 bits per heavy atom. The van der Waals surface area contributed by atoms with Gasteiger partial charge >= 0.3 is 0 Å². The fraction of sp³-hybridized carbons (Fsp3) is 0.286. The van der Waals surface area contributed by atoms with E-state index in [1.54, 1.807) is 0 Å². The maximum atomic E-state index is 4.21. The van der Waals surface area contributed by atoms with Crippen LogP contribution in [-0.2, 0) is 13.1 Å². The van der Waals surface area contributed by atoms with Gasteiger partial charge < -0.3 is 9.88 Å². The Kier molecular flexibility index (Phi) is 3.18. The molecule has 3 aromatic rings. The topological polar surface area (TPSA) is 58.5 Å². The monoisotopic (exact) mass is 255 g/mol. The van der Waals surface area contributed by atoms with Crippen LogP contribution in [0.5, 0.6) is 0 Å². The Morgan fingerprint density at radius 3 is 3.16 bits per heavy atom. The molecule has 0 saturated carbocycles. The highest BCUT2D eigenvalue weighted by Crippen LogP contribution is 2.21. The third-order valence-electron chi connectivity index (χ3n) is 3.21. The molecule has 19 heavy (non-hydrogen) atoms. The van der Waals surface area contributed by atoms with Crippen LogP contribution in [-0.4, -0.2) is 19.7 Å². The predicted octanol–water partition coefficient (Wildman–Crippen LogP) is 2.78. The van der Waals surface area contributed by atoms with Crippen molar-refractivity contribution >= 4 is 16.6 Å². The lowest BCUT2D eigenvalue weighted by Crippen LogP contribution is -2.07. The summed E-state index contributed by atoms with van der Waals surface area (Å²) in [5.74, 6) is 0. The maximum Gasteiger partial charge on any atom is 0.0948 e. The molecule has 2 heterocycles. The van der Waals surface area contributed by atoms with Gasteiger partial charge in [-0.3, -0.25) is 5.10 Å². The van der Waals surface area contributed by atoms with Gasteiger partial charge in [0.05, 0.1) is 30.3 Å². The van der Waals surface area contributed by atoms with Gasteiger partial charge in [0.2, 0.25) is 0 Å². The molecule has 0 radical (unpaired) electrons. The molecule has 3 rings (SSSR count). The summed E-state index contributed by atoms with van der Waals surface area (Å²) in [5.41, 5.74) is 3.34. The number of aryl methyl sites for hydroxylation is 1. The van der Waals surface area contributed by atoms with E-state index in [1.165, 1.54) is 5.69 Å². The van der Waals surface area contributed by atoms with Gasteiger partial charge in [0.1, 0.15) is 0 Å². The lowest BCUT2D eigenvalue weighted by atomic mass is 10.2. The average Bonchev–Trinajstić information content (AvgIpc) is 3.05. The zero-order valence-electron chi connectivity index (χ0n) is 10.9. The van der Waals surface area contributed by atoms with Gasteiger partial charge in [0.15, 0.2) is 0 Å². The van der Waals surface area contributed by atoms with Crippen molar-refractivity contribution in [2.45, 2.75) is 26.4 Å². The van der Waals surface area contributed by atoms with E-state index in [-0.39, 0.29) is 0 Å². The van der Waals surface area contributed by atoms with Crippen LogP contribution in [0.15, 0.2) is 36.9 Å². The van der Waals surface area contributed by atoms with E-state index in [0.717, 1.165) is 36.1 Å². The quantitative estimate of drug-likeness (QED) is 0.737. The average molecular weight is 255 g/mol. The van der Waals surface area contributed by atoms with Crippen molar-refractivity contribution in [2.24, 2.45) is 0 Å². The molecule has 0 aliphatic carbocycles. The number of fused-ring (bicyclic) bond motifs is 1. The SMILES string of the molecule is CCCn1cncc1CNc1cccc2[nH]ncc12. The normalized spacial score (nSPS) is 11.0. The molecule has 0 amide bonds. The maximum absolute atomic E-state index is 4.21. The number of nitrogens with one attached hydrogen (secondary N) is 2. The second-order valence-corrected chi connectivity index (χ2v) is 4.57. The molecule has 0 spiro atoms. The van der Waals surface area contributed by atoms with Crippen LogP contribution in [0.3, 0.4) is 0 Å². The second kappa shape index (κ2) is 5.14. The summed E-state index contributed by atoms with van der Waals surface area (Å²) < 4.78 is 2.18. The van der Waals surface area contributed by atoms with E-state index in [2.05, 4.69) is 38.1 Å². The first-order valence-corrected chi connectivity index (χ1v) is 6.53. The van der Waals surface area contributed by atoms with E-state index in [0.29, 0.717) is 0 Å². The highest BCUT2D eigenvalue weighted by atomic mass is 15.1. The van der Waals surface area contributed by atoms with Crippen LogP contribution in [0.4, 0.5) is 5.69 Å². The molecule has 0 fully saturated rings. The van der Waals surface area contributed by atoms with Crippen LogP contribution in [0.1, 0.15) is 19.0 Å². The van der Waals surface area contributed by atoms with E-state index < -0.39 is 0 Å². The molecule has 98 valence electrons. The molecule has 0 aliphatic rings. The number of benzene rings is 1. The summed E-state index contributed by atoms with van der Waals surface area (Å²) >= 11 is 0. The van der Waals surface area contributed by atoms with E-state index in [9.17, 15) is 0 Å². The van der Waals surface area contributed by atoms with E-state index in [4.69, 9.17) is 0 Å². The number of nitrogens with zero attached hydrogens (tertiary/aromatic N) is 3. The van der Waals surface area contributed by atoms with Crippen LogP contribution in [0.2, 0.25) is 0 Å². The number of aromatic amines is 1. The number of hydrogen-bond donors (Lipinski definition) is 2. The van der Waals surface area contributed by atoms with Crippen molar-refractivity contribution in [1.82, 2.24) is 19.7 Å². The Balaban J connectivity index is 1.78. The molecule has 0 atom stereocenters. The summed E-state index contributed by atoms with van der Waals surface area (Å²) in [5, 5.41) is 11.6. The highest BCUT2D eigenvalue weighted by Gasteiger charge is 2.04. The largest absolute Gasteiger partial charge is 0.379 e. The summed E-state index contributed by atoms with van der Waals surface area (Å²) in [6.45, 7) is 3.95. The lowest BCUT2D eigenvalue weighted by molar-refractivity contribution is 0.651. The standard InChI is InChI=1S/C14H17N5/c1-2-6-19-10-15-7-11(19)8-16-13-4-3-5-14-12(13)9-17-18-14/h3-5,7,9-10,16H,2,6,8H2,1H3,(H,17,18). The van der Waals surface area contributed by atoms with Gasteiger partial charge in [0, 0.05) is 23.8 Å². The summed E-state index contributed by atoms with van der Waals surface area (Å²) in [6, 6.07) is 6.11. The Bertz CT molecular complexity index is 667. The molecule has 2 N–H and O–H groups in total. The van der Waals surface area contributed by atoms with Crippen molar-refractivity contribution in [1.29, 1.82) is 0 Å². The predicted molar refractivity (Wildman–Crippen MR) is 75.9 cm³/mol. The molecule has 1 aromatic carbocycles. The van der Waals surface area contributed by atoms with Crippen LogP contribution < -0.4 is 5.32 Å². The fourth-order valence-electron chi connectivity index (χ4n) is 2.25. The molecule has 2 aromatic heterocycles. The minimum absolute atomic E-state index is 0.768. The Hall–Kier alpha value is -2.30. The first-order valence-electron chi connectivity index (χ1n) is 6.53. The molecule has 0 saturated heterocycles. The minimum atomic E-state index is 0.768. The van der Waals surface area contributed by atoms with Crippen LogP contribution >= 0.6 is 0 Å². The van der Waals surface area contributed by atoms with Crippen molar-refractivity contribution < 1.29 is 0 Å². The summed E-state index contributed by atoms with van der Waals surface area (Å²) in [7, 11) is 0. The molecular formula is C14H17N5. The number of rotatable bonds is 5. The first-order chi connectivity index (χ1) is 9.38. The number of hydrogen-bond acceptors (Lipinski definition) is 3. The van der Waals surface area contributed by atoms with Gasteiger partial charge in [-0.2, -0.15) is 5.10 Å². The van der Waals surface area contributed by atoms with E-state index >= 15 is 0 Å². The fourth-order valence-corrected chi connectivity index (χ4v) is 2.25. The third-order valence-corrected chi connectivity index (χ3v) is 3.21. The van der Waals surface area contributed by atoms with Gasteiger partial charge in [-0.25, -0.2) is 4.98 Å². The highest BCUT2D eigenvalue weighted by molar-refractivity contribution is 5.90. The second-order valence-electron chi connectivity index (χ2n) is 4.57. The molecule has 0 unspecified atom stereocenters. The lowest BCUT2D eigenvalue weighted by Gasteiger charge is -2.09. The zero-order valence-corrected chi connectivity index (χ0v) is 10.9. The van der Waals surface area contributed by atoms with E-state index in [1.807, 2.05) is 30.9 Å². The smallest absolute Gasteiger partial charge is 0.0948 e. The first kappa shape index (κ1) is 11.8. The van der Waals surface area contributed by atoms with Gasteiger partial charge in [-0.1, -0.05) is 13.0 Å². The molecule has 0 bridgehead atoms. The van der Waals surface area contributed by atoms with Gasteiger partial charge in [-0.15, -0.1) is 0 Å². The summed E-state index contributed by atoms with van der Waals surface area (Å²) in [4.78, 5) is 4.21. The third kappa shape index (κ3) is 2.31. The summed E-state index contributed by atoms with van der Waals surface area (Å²) in [6.07, 6.45) is 6.76. The van der Waals surface area contributed by atoms with Crippen LogP contribution in [0, 0.1) is 0 Å². The van der Waals surface area contributed by atoms with Crippen molar-refractivity contribution in [2.75, 3.05) is 5.32 Å². The van der Waals surface area contributed by atoms with Gasteiger partial charge in [-0.05, 0) is 18.6 Å². The molecule has 5 nitrogen and oxygen atoms in total. The minimum Gasteiger partial charge on any atom is -0.379 e. The number of imidazole rings is 1. The number of anilines is 1. The number of H-pyrrole nitrogens is 1. The van der Waals surface area contributed by atoms with Crippen molar-refractivity contribution in [3.05, 3.63) is 42.6 Å². The Morgan fingerprint density at radius 1 is 1.32 bits per heavy atom. The Labute approximate surface area is 111 Å². The number of aromatic nitrogens is 4. The zero-order chi connectivity index (χ0) is 13.1. The van der Waals surface area contributed by atoms with Crippen molar-refractivity contribution in [3.8, 4) is 0 Å². The van der Waals surface area contributed by atoms with Crippen LogP contribution in [0.25, 0.3) is 10.9 Å². The molecular weight excluding hydrogens is 238 g/mol. The molecule has 0 aliphatic heterocycles. The molecule has 5 heteroatoms. The van der Waals surface area contributed by atoms with Gasteiger partial charge in [0.25, 0.3) is 0 Å². The van der Waals surface area contributed by atoms with Crippen molar-refractivity contribution in [3.63, 3.8) is 0 Å².